The SMILES string of the molecule is CN(C)c1ccc(C(c2ccc(N(C)C)cc2)c2ccc(S(=O)(=O)O)cc2S(=O)(=O)O)cc1. The van der Waals surface area contributed by atoms with Gasteiger partial charge in [0.1, 0.15) is 0 Å². The standard InChI is InChI=1S/C23H26N2O6S2/c1-24(2)18-9-5-16(6-10-18)23(17-7-11-19(12-8-17)25(3)4)21-14-13-20(32(26,27)28)15-22(21)33(29,30)31/h5-15,23H,1-4H3,(H,26,27,28)(H,29,30,31). The molecule has 2 N–H and O–H groups in total. The maximum Gasteiger partial charge on any atom is 0.294 e. The number of hydrogen-bond acceptors (Lipinski definition) is 6. The second-order valence-corrected chi connectivity index (χ2v) is 10.9. The van der Waals surface area contributed by atoms with Gasteiger partial charge in [-0.25, -0.2) is 0 Å². The molecule has 3 aromatic rings. The fourth-order valence-electron chi connectivity index (χ4n) is 3.62. The van der Waals surface area contributed by atoms with E-state index >= 15 is 0 Å². The molecule has 0 heterocycles. The molecule has 0 atom stereocenters. The zero-order valence-corrected chi connectivity index (χ0v) is 20.3. The minimum Gasteiger partial charge on any atom is -0.378 e. The fourth-order valence-corrected chi connectivity index (χ4v) is 4.96. The van der Waals surface area contributed by atoms with Gasteiger partial charge >= 0.3 is 0 Å². The Hall–Kier alpha value is -2.92. The van der Waals surface area contributed by atoms with Gasteiger partial charge < -0.3 is 9.80 Å². The molecule has 33 heavy (non-hydrogen) atoms. The van der Waals surface area contributed by atoms with Gasteiger partial charge in [0.25, 0.3) is 20.2 Å². The Morgan fingerprint density at radius 1 is 0.636 bits per heavy atom. The highest BCUT2D eigenvalue weighted by Crippen LogP contribution is 2.37. The van der Waals surface area contributed by atoms with Crippen molar-refractivity contribution in [3.63, 3.8) is 0 Å². The monoisotopic (exact) mass is 490 g/mol. The zero-order chi connectivity index (χ0) is 24.6. The zero-order valence-electron chi connectivity index (χ0n) is 18.7. The molecule has 10 heteroatoms. The molecule has 0 unspecified atom stereocenters. The van der Waals surface area contributed by atoms with Gasteiger partial charge in [-0.2, -0.15) is 16.8 Å². The lowest BCUT2D eigenvalue weighted by Gasteiger charge is -2.23. The summed E-state index contributed by atoms with van der Waals surface area (Å²) in [4.78, 5) is 2.64. The molecule has 0 amide bonds. The van der Waals surface area contributed by atoms with Crippen LogP contribution in [0.3, 0.4) is 0 Å². The van der Waals surface area contributed by atoms with E-state index in [1.165, 1.54) is 6.07 Å². The third-order valence-electron chi connectivity index (χ3n) is 5.36. The van der Waals surface area contributed by atoms with Gasteiger partial charge in [-0.3, -0.25) is 9.11 Å². The van der Waals surface area contributed by atoms with Crippen LogP contribution in [-0.2, 0) is 20.2 Å². The Morgan fingerprint density at radius 2 is 1.06 bits per heavy atom. The minimum atomic E-state index is -4.81. The highest BCUT2D eigenvalue weighted by Gasteiger charge is 2.27. The molecule has 0 bridgehead atoms. The predicted molar refractivity (Wildman–Crippen MR) is 129 cm³/mol. The van der Waals surface area contributed by atoms with Gasteiger partial charge in [0.15, 0.2) is 0 Å². The van der Waals surface area contributed by atoms with Crippen LogP contribution in [0.5, 0.6) is 0 Å². The molecular formula is C23H26N2O6S2. The van der Waals surface area contributed by atoms with Crippen molar-refractivity contribution in [2.45, 2.75) is 15.7 Å². The second kappa shape index (κ2) is 9.14. The number of hydrogen-bond donors (Lipinski definition) is 2. The van der Waals surface area contributed by atoms with Crippen molar-refractivity contribution in [1.29, 1.82) is 0 Å². The van der Waals surface area contributed by atoms with Gasteiger partial charge in [-0.15, -0.1) is 0 Å². The van der Waals surface area contributed by atoms with Crippen molar-refractivity contribution in [2.75, 3.05) is 38.0 Å². The van der Waals surface area contributed by atoms with E-state index in [1.807, 2.05) is 86.5 Å². The summed E-state index contributed by atoms with van der Waals surface area (Å²) in [6, 6.07) is 18.1. The van der Waals surface area contributed by atoms with Gasteiger partial charge in [0.05, 0.1) is 9.79 Å². The Balaban J connectivity index is 2.29. The van der Waals surface area contributed by atoms with Gasteiger partial charge in [-0.05, 0) is 53.1 Å². The minimum absolute atomic E-state index is 0.181. The summed E-state index contributed by atoms with van der Waals surface area (Å²) in [5, 5.41) is 0. The van der Waals surface area contributed by atoms with Crippen LogP contribution in [0.25, 0.3) is 0 Å². The van der Waals surface area contributed by atoms with Crippen molar-refractivity contribution in [1.82, 2.24) is 0 Å². The summed E-state index contributed by atoms with van der Waals surface area (Å²) in [6.07, 6.45) is 0. The first-order valence-corrected chi connectivity index (χ1v) is 12.8. The van der Waals surface area contributed by atoms with Crippen molar-refractivity contribution in [3.8, 4) is 0 Å². The van der Waals surface area contributed by atoms with E-state index in [1.54, 1.807) is 0 Å². The van der Waals surface area contributed by atoms with Crippen LogP contribution in [0.4, 0.5) is 11.4 Å². The normalized spacial score (nSPS) is 12.1. The van der Waals surface area contributed by atoms with Gasteiger partial charge in [0, 0.05) is 45.5 Å². The highest BCUT2D eigenvalue weighted by molar-refractivity contribution is 7.86. The number of nitrogens with zero attached hydrogens (tertiary/aromatic N) is 2. The van der Waals surface area contributed by atoms with Crippen molar-refractivity contribution in [2.24, 2.45) is 0 Å². The quantitative estimate of drug-likeness (QED) is 0.382. The molecule has 0 aliphatic rings. The summed E-state index contributed by atoms with van der Waals surface area (Å²) in [6.45, 7) is 0. The number of benzene rings is 3. The van der Waals surface area contributed by atoms with E-state index in [4.69, 9.17) is 0 Å². The van der Waals surface area contributed by atoms with Crippen LogP contribution in [0, 0.1) is 0 Å². The van der Waals surface area contributed by atoms with E-state index in [9.17, 15) is 25.9 Å². The van der Waals surface area contributed by atoms with E-state index in [0.29, 0.717) is 0 Å². The molecule has 8 nitrogen and oxygen atoms in total. The lowest BCUT2D eigenvalue weighted by atomic mass is 9.85. The number of anilines is 2. The van der Waals surface area contributed by atoms with Crippen molar-refractivity contribution < 1.29 is 25.9 Å². The Kier molecular flexibility index (Phi) is 6.85. The molecule has 0 saturated heterocycles. The first-order chi connectivity index (χ1) is 15.3. The molecule has 0 saturated carbocycles. The average Bonchev–Trinajstić information content (AvgIpc) is 2.73. The van der Waals surface area contributed by atoms with E-state index in [2.05, 4.69) is 0 Å². The van der Waals surface area contributed by atoms with Gasteiger partial charge in [0.2, 0.25) is 0 Å². The first-order valence-electron chi connectivity index (χ1n) is 9.92. The van der Waals surface area contributed by atoms with E-state index in [-0.39, 0.29) is 5.56 Å². The predicted octanol–water partition coefficient (Wildman–Crippen LogP) is 3.49. The summed E-state index contributed by atoms with van der Waals surface area (Å²) in [5.74, 6) is -0.634. The summed E-state index contributed by atoms with van der Waals surface area (Å²) < 4.78 is 67.0. The van der Waals surface area contributed by atoms with Crippen LogP contribution in [0.1, 0.15) is 22.6 Å². The molecular weight excluding hydrogens is 464 g/mol. The molecule has 0 spiro atoms. The molecule has 0 fully saturated rings. The fraction of sp³-hybridized carbons (Fsp3) is 0.217. The molecule has 3 rings (SSSR count). The largest absolute Gasteiger partial charge is 0.378 e. The smallest absolute Gasteiger partial charge is 0.294 e. The van der Waals surface area contributed by atoms with E-state index < -0.39 is 35.9 Å². The topological polar surface area (TPSA) is 115 Å². The van der Waals surface area contributed by atoms with Crippen LogP contribution in [0.2, 0.25) is 0 Å². The second-order valence-electron chi connectivity index (χ2n) is 8.05. The molecule has 0 aliphatic carbocycles. The van der Waals surface area contributed by atoms with Crippen molar-refractivity contribution >= 4 is 31.6 Å². The molecule has 0 aromatic heterocycles. The lowest BCUT2D eigenvalue weighted by molar-refractivity contribution is 0.480. The third-order valence-corrected chi connectivity index (χ3v) is 7.12. The molecule has 0 aliphatic heterocycles. The lowest BCUT2D eigenvalue weighted by Crippen LogP contribution is -2.13. The van der Waals surface area contributed by atoms with Crippen LogP contribution >= 0.6 is 0 Å². The van der Waals surface area contributed by atoms with Crippen molar-refractivity contribution in [3.05, 3.63) is 83.4 Å². The van der Waals surface area contributed by atoms with Crippen LogP contribution in [0.15, 0.2) is 76.5 Å². The maximum atomic E-state index is 12.3. The summed E-state index contributed by atoms with van der Waals surface area (Å²) >= 11 is 0. The van der Waals surface area contributed by atoms with Crippen LogP contribution < -0.4 is 9.80 Å². The highest BCUT2D eigenvalue weighted by atomic mass is 32.2. The Morgan fingerprint density at radius 3 is 1.39 bits per heavy atom. The third kappa shape index (κ3) is 5.53. The van der Waals surface area contributed by atoms with Crippen LogP contribution in [-0.4, -0.2) is 54.1 Å². The van der Waals surface area contributed by atoms with E-state index in [0.717, 1.165) is 34.6 Å². The molecule has 0 radical (unpaired) electrons. The molecule has 3 aromatic carbocycles. The maximum absolute atomic E-state index is 12.3. The Labute approximate surface area is 194 Å². The first kappa shape index (κ1) is 24.7. The number of rotatable bonds is 7. The average molecular weight is 491 g/mol. The summed E-state index contributed by atoms with van der Waals surface area (Å²) in [7, 11) is -1.89. The van der Waals surface area contributed by atoms with Gasteiger partial charge in [-0.1, -0.05) is 30.3 Å². The summed E-state index contributed by atoms with van der Waals surface area (Å²) in [5.41, 5.74) is 3.54. The molecule has 176 valence electrons. The Bertz CT molecular complexity index is 1300.